The topological polar surface area (TPSA) is 84.9 Å². The number of benzene rings is 2. The number of nitrogens with zero attached hydrogens (tertiary/aromatic N) is 1. The quantitative estimate of drug-likeness (QED) is 0.608. The summed E-state index contributed by atoms with van der Waals surface area (Å²) >= 11 is 0. The van der Waals surface area contributed by atoms with Gasteiger partial charge in [0.05, 0.1) is 24.7 Å². The lowest BCUT2D eigenvalue weighted by molar-refractivity contribution is -0.121. The van der Waals surface area contributed by atoms with E-state index in [1.54, 1.807) is 30.3 Å². The number of rotatable bonds is 9. The third kappa shape index (κ3) is 6.01. The average Bonchev–Trinajstić information content (AvgIpc) is 2.77. The van der Waals surface area contributed by atoms with Crippen molar-refractivity contribution >= 4 is 15.9 Å². The molecule has 0 bridgehead atoms. The maximum atomic E-state index is 13.5. The second-order valence-electron chi connectivity index (χ2n) is 6.78. The van der Waals surface area contributed by atoms with Gasteiger partial charge < -0.3 is 14.8 Å². The van der Waals surface area contributed by atoms with E-state index in [0.29, 0.717) is 50.6 Å². The van der Waals surface area contributed by atoms with Crippen molar-refractivity contribution in [2.24, 2.45) is 0 Å². The lowest BCUT2D eigenvalue weighted by Gasteiger charge is -2.26. The molecule has 162 valence electrons. The molecule has 2 aromatic carbocycles. The number of ether oxygens (including phenoxy) is 2. The van der Waals surface area contributed by atoms with Crippen LogP contribution in [0, 0.1) is 5.82 Å². The molecule has 0 spiro atoms. The molecule has 0 aliphatic carbocycles. The van der Waals surface area contributed by atoms with Gasteiger partial charge in [-0.2, -0.15) is 4.31 Å². The molecule has 0 aromatic heterocycles. The van der Waals surface area contributed by atoms with Crippen molar-refractivity contribution in [3.05, 3.63) is 59.9 Å². The Labute approximate surface area is 175 Å². The fraction of sp³-hybridized carbons (Fsp3) is 0.381. The molecular weight excluding hydrogens is 411 g/mol. The molecule has 0 unspecified atom stereocenters. The van der Waals surface area contributed by atoms with Gasteiger partial charge in [0.1, 0.15) is 18.2 Å². The van der Waals surface area contributed by atoms with Crippen LogP contribution in [0.3, 0.4) is 0 Å². The largest absolute Gasteiger partial charge is 0.492 e. The zero-order valence-electron chi connectivity index (χ0n) is 16.6. The fourth-order valence-corrected chi connectivity index (χ4v) is 4.45. The molecule has 1 amide bonds. The number of hydrogen-bond acceptors (Lipinski definition) is 5. The van der Waals surface area contributed by atoms with Crippen LogP contribution in [0.1, 0.15) is 12.0 Å². The van der Waals surface area contributed by atoms with Gasteiger partial charge in [-0.15, -0.1) is 0 Å². The summed E-state index contributed by atoms with van der Waals surface area (Å²) in [4.78, 5) is 12.1. The molecule has 0 radical (unpaired) electrons. The van der Waals surface area contributed by atoms with Crippen LogP contribution in [0.4, 0.5) is 4.39 Å². The van der Waals surface area contributed by atoms with E-state index in [-0.39, 0.29) is 29.6 Å². The highest BCUT2D eigenvalue weighted by Crippen LogP contribution is 2.20. The van der Waals surface area contributed by atoms with Gasteiger partial charge in [-0.05, 0) is 42.3 Å². The van der Waals surface area contributed by atoms with Gasteiger partial charge in [-0.25, -0.2) is 12.8 Å². The molecule has 1 aliphatic heterocycles. The minimum atomic E-state index is -3.53. The van der Waals surface area contributed by atoms with E-state index in [1.165, 1.54) is 22.5 Å². The van der Waals surface area contributed by atoms with Gasteiger partial charge >= 0.3 is 0 Å². The van der Waals surface area contributed by atoms with E-state index in [1.807, 2.05) is 0 Å². The van der Waals surface area contributed by atoms with E-state index in [0.717, 1.165) is 0 Å². The Morgan fingerprint density at radius 1 is 1.10 bits per heavy atom. The third-order valence-corrected chi connectivity index (χ3v) is 6.62. The predicted octanol–water partition coefficient (Wildman–Crippen LogP) is 1.97. The minimum absolute atomic E-state index is 0.186. The van der Waals surface area contributed by atoms with Gasteiger partial charge in [0.2, 0.25) is 15.9 Å². The molecule has 9 heteroatoms. The second-order valence-corrected chi connectivity index (χ2v) is 8.72. The Morgan fingerprint density at radius 3 is 2.50 bits per heavy atom. The molecule has 0 atom stereocenters. The first kappa shape index (κ1) is 22.2. The molecule has 2 aromatic rings. The normalized spacial score (nSPS) is 15.0. The van der Waals surface area contributed by atoms with Crippen LogP contribution < -0.4 is 10.1 Å². The Kier molecular flexibility index (Phi) is 7.78. The first-order valence-electron chi connectivity index (χ1n) is 9.78. The number of carbonyl (C=O) groups is 1. The van der Waals surface area contributed by atoms with Crippen LogP contribution in [0.25, 0.3) is 0 Å². The van der Waals surface area contributed by atoms with Crippen LogP contribution >= 0.6 is 0 Å². The summed E-state index contributed by atoms with van der Waals surface area (Å²) < 4.78 is 50.8. The Hall–Kier alpha value is -2.49. The summed E-state index contributed by atoms with van der Waals surface area (Å²) in [6.07, 6.45) is 0.521. The van der Waals surface area contributed by atoms with Crippen LogP contribution in [0.2, 0.25) is 0 Å². The first-order valence-corrected chi connectivity index (χ1v) is 11.2. The minimum Gasteiger partial charge on any atom is -0.492 e. The molecule has 1 heterocycles. The van der Waals surface area contributed by atoms with Gasteiger partial charge in [-0.1, -0.05) is 18.2 Å². The summed E-state index contributed by atoms with van der Waals surface area (Å²) in [6.45, 7) is 2.01. The van der Waals surface area contributed by atoms with Gasteiger partial charge in [0.15, 0.2) is 0 Å². The summed E-state index contributed by atoms with van der Waals surface area (Å²) in [5.41, 5.74) is 0.510. The lowest BCUT2D eigenvalue weighted by Crippen LogP contribution is -2.40. The van der Waals surface area contributed by atoms with Gasteiger partial charge in [0.25, 0.3) is 0 Å². The molecular formula is C21H25FN2O5S. The van der Waals surface area contributed by atoms with E-state index < -0.39 is 10.0 Å². The fourth-order valence-electron chi connectivity index (χ4n) is 3.04. The van der Waals surface area contributed by atoms with Crippen molar-refractivity contribution in [2.45, 2.75) is 17.7 Å². The zero-order valence-corrected chi connectivity index (χ0v) is 17.4. The standard InChI is InChI=1S/C21H25FN2O5S/c22-20-4-2-1-3-17(20)5-10-21(25)23-11-14-29-18-6-8-19(9-7-18)30(26,27)24-12-15-28-16-13-24/h1-4,6-9H,5,10-16H2,(H,23,25). The van der Waals surface area contributed by atoms with Crippen molar-refractivity contribution in [3.63, 3.8) is 0 Å². The van der Waals surface area contributed by atoms with Crippen LogP contribution in [0.15, 0.2) is 53.4 Å². The highest BCUT2D eigenvalue weighted by atomic mass is 32.2. The maximum absolute atomic E-state index is 13.5. The molecule has 7 nitrogen and oxygen atoms in total. The molecule has 1 saturated heterocycles. The SMILES string of the molecule is O=C(CCc1ccccc1F)NCCOc1ccc(S(=O)(=O)N2CCOCC2)cc1. The van der Waals surface area contributed by atoms with Crippen LogP contribution in [0.5, 0.6) is 5.75 Å². The maximum Gasteiger partial charge on any atom is 0.243 e. The summed E-state index contributed by atoms with van der Waals surface area (Å²) in [5, 5.41) is 2.72. The Morgan fingerprint density at radius 2 is 1.80 bits per heavy atom. The second kappa shape index (κ2) is 10.5. The number of carbonyl (C=O) groups excluding carboxylic acids is 1. The van der Waals surface area contributed by atoms with Crippen LogP contribution in [-0.4, -0.2) is 58.1 Å². The van der Waals surface area contributed by atoms with Crippen molar-refractivity contribution in [3.8, 4) is 5.75 Å². The van der Waals surface area contributed by atoms with Crippen LogP contribution in [-0.2, 0) is 26.0 Å². The first-order chi connectivity index (χ1) is 14.5. The molecule has 30 heavy (non-hydrogen) atoms. The summed E-state index contributed by atoms with van der Waals surface area (Å²) in [5.74, 6) is 0.0121. The molecule has 1 fully saturated rings. The van der Waals surface area contributed by atoms with E-state index in [9.17, 15) is 17.6 Å². The smallest absolute Gasteiger partial charge is 0.243 e. The van der Waals surface area contributed by atoms with Crippen molar-refractivity contribution in [1.82, 2.24) is 9.62 Å². The number of amides is 1. The lowest BCUT2D eigenvalue weighted by atomic mass is 10.1. The summed E-state index contributed by atoms with van der Waals surface area (Å²) in [6, 6.07) is 12.6. The predicted molar refractivity (Wildman–Crippen MR) is 109 cm³/mol. The van der Waals surface area contributed by atoms with E-state index in [2.05, 4.69) is 5.32 Å². The van der Waals surface area contributed by atoms with Crippen molar-refractivity contribution in [2.75, 3.05) is 39.5 Å². The van der Waals surface area contributed by atoms with E-state index in [4.69, 9.17) is 9.47 Å². The van der Waals surface area contributed by atoms with Crippen molar-refractivity contribution < 1.29 is 27.1 Å². The van der Waals surface area contributed by atoms with Gasteiger partial charge in [-0.3, -0.25) is 4.79 Å². The number of nitrogens with one attached hydrogen (secondary N) is 1. The highest BCUT2D eigenvalue weighted by Gasteiger charge is 2.26. The number of halogens is 1. The number of morpholine rings is 1. The Balaban J connectivity index is 1.40. The molecule has 1 N–H and O–H groups in total. The molecule has 3 rings (SSSR count). The number of hydrogen-bond donors (Lipinski definition) is 1. The number of sulfonamides is 1. The third-order valence-electron chi connectivity index (χ3n) is 4.70. The van der Waals surface area contributed by atoms with Gasteiger partial charge in [0, 0.05) is 19.5 Å². The average molecular weight is 437 g/mol. The van der Waals surface area contributed by atoms with E-state index >= 15 is 0 Å². The monoisotopic (exact) mass is 436 g/mol. The summed E-state index contributed by atoms with van der Waals surface area (Å²) in [7, 11) is -3.53. The molecule has 0 saturated carbocycles. The zero-order chi connectivity index (χ0) is 21.4. The van der Waals surface area contributed by atoms with Crippen molar-refractivity contribution in [1.29, 1.82) is 0 Å². The number of aryl methyl sites for hydroxylation is 1. The Bertz CT molecular complexity index is 944. The highest BCUT2D eigenvalue weighted by molar-refractivity contribution is 7.89. The molecule has 1 aliphatic rings.